The summed E-state index contributed by atoms with van der Waals surface area (Å²) in [6.45, 7) is 1.37. The summed E-state index contributed by atoms with van der Waals surface area (Å²) in [7, 11) is 0. The van der Waals surface area contributed by atoms with Gasteiger partial charge < -0.3 is 14.8 Å². The first-order valence-corrected chi connectivity index (χ1v) is 4.68. The highest BCUT2D eigenvalue weighted by molar-refractivity contribution is 5.95. The fraction of sp³-hybridized carbons (Fsp3) is 0.200. The quantitative estimate of drug-likeness (QED) is 0.687. The summed E-state index contributed by atoms with van der Waals surface area (Å²) in [5, 5.41) is 11.5. The van der Waals surface area contributed by atoms with E-state index in [1.165, 1.54) is 13.0 Å². The third-order valence-corrected chi connectivity index (χ3v) is 2.07. The van der Waals surface area contributed by atoms with Gasteiger partial charge in [0.25, 0.3) is 5.91 Å². The molecule has 1 aromatic carbocycles. The molecule has 16 heavy (non-hydrogen) atoms. The number of aromatic amines is 1. The first kappa shape index (κ1) is 10.4. The fourth-order valence-electron chi connectivity index (χ4n) is 1.27. The van der Waals surface area contributed by atoms with Gasteiger partial charge in [0.15, 0.2) is 5.58 Å². The molecule has 0 bridgehead atoms. The van der Waals surface area contributed by atoms with Crippen LogP contribution in [-0.4, -0.2) is 22.1 Å². The van der Waals surface area contributed by atoms with Gasteiger partial charge in [-0.15, -0.1) is 0 Å². The molecule has 1 heterocycles. The number of H-pyrrole nitrogens is 1. The summed E-state index contributed by atoms with van der Waals surface area (Å²) in [6, 6.07) is 4.72. The minimum Gasteiger partial charge on any atom is -0.408 e. The highest BCUT2D eigenvalue weighted by atomic mass is 16.4. The number of fused-ring (bicyclic) bond motifs is 1. The van der Waals surface area contributed by atoms with Gasteiger partial charge in [-0.05, 0) is 19.1 Å². The molecule has 0 saturated carbocycles. The van der Waals surface area contributed by atoms with Crippen LogP contribution in [0.15, 0.2) is 27.4 Å². The molecule has 2 aromatic rings. The van der Waals surface area contributed by atoms with Crippen LogP contribution in [0.3, 0.4) is 0 Å². The molecule has 0 radical (unpaired) electrons. The number of anilines is 1. The van der Waals surface area contributed by atoms with Crippen LogP contribution in [0.4, 0.5) is 5.69 Å². The van der Waals surface area contributed by atoms with Crippen LogP contribution in [0.5, 0.6) is 0 Å². The smallest absolute Gasteiger partial charge is 0.408 e. The zero-order valence-electron chi connectivity index (χ0n) is 8.48. The molecule has 6 heteroatoms. The Hall–Kier alpha value is -2.08. The number of hydrogen-bond acceptors (Lipinski definition) is 4. The van der Waals surface area contributed by atoms with E-state index in [-0.39, 0.29) is 0 Å². The number of aliphatic hydroxyl groups is 1. The van der Waals surface area contributed by atoms with Crippen LogP contribution in [0.1, 0.15) is 6.92 Å². The number of rotatable bonds is 2. The number of aliphatic hydroxyl groups excluding tert-OH is 1. The normalized spacial score (nSPS) is 12.6. The standard InChI is InChI=1S/C10H10N2O4/c1-5(13)9(14)11-6-2-3-7-8(4-6)16-10(15)12-7/h2-5,13H,1H3,(H,11,14)(H,12,15). The molecule has 0 aliphatic rings. The van der Waals surface area contributed by atoms with Crippen LogP contribution >= 0.6 is 0 Å². The van der Waals surface area contributed by atoms with Crippen molar-refractivity contribution in [1.29, 1.82) is 0 Å². The van der Waals surface area contributed by atoms with E-state index < -0.39 is 17.8 Å². The summed E-state index contributed by atoms with van der Waals surface area (Å²) in [5.41, 5.74) is 1.37. The second kappa shape index (κ2) is 3.82. The van der Waals surface area contributed by atoms with Crippen molar-refractivity contribution in [1.82, 2.24) is 4.98 Å². The van der Waals surface area contributed by atoms with E-state index in [4.69, 9.17) is 9.52 Å². The number of hydrogen-bond donors (Lipinski definition) is 3. The average Bonchev–Trinajstić information content (AvgIpc) is 2.57. The zero-order chi connectivity index (χ0) is 11.7. The summed E-state index contributed by atoms with van der Waals surface area (Å²) in [6.07, 6.45) is -1.09. The molecule has 0 saturated heterocycles. The molecule has 1 unspecified atom stereocenters. The monoisotopic (exact) mass is 222 g/mol. The Morgan fingerprint density at radius 1 is 1.56 bits per heavy atom. The number of carbonyl (C=O) groups excluding carboxylic acids is 1. The molecule has 0 spiro atoms. The van der Waals surface area contributed by atoms with E-state index in [0.29, 0.717) is 16.8 Å². The van der Waals surface area contributed by atoms with Crippen LogP contribution in [-0.2, 0) is 4.79 Å². The molecule has 84 valence electrons. The number of aromatic nitrogens is 1. The predicted molar refractivity (Wildman–Crippen MR) is 57.1 cm³/mol. The Morgan fingerprint density at radius 3 is 3.00 bits per heavy atom. The van der Waals surface area contributed by atoms with Crippen molar-refractivity contribution < 1.29 is 14.3 Å². The van der Waals surface area contributed by atoms with E-state index >= 15 is 0 Å². The maximum absolute atomic E-state index is 11.2. The van der Waals surface area contributed by atoms with Gasteiger partial charge in [0.1, 0.15) is 6.10 Å². The van der Waals surface area contributed by atoms with Crippen LogP contribution < -0.4 is 11.1 Å². The minimum absolute atomic E-state index is 0.355. The number of carbonyl (C=O) groups is 1. The molecule has 6 nitrogen and oxygen atoms in total. The van der Waals surface area contributed by atoms with Gasteiger partial charge >= 0.3 is 5.76 Å². The zero-order valence-corrected chi connectivity index (χ0v) is 8.48. The maximum atomic E-state index is 11.2. The van der Waals surface area contributed by atoms with Gasteiger partial charge in [0, 0.05) is 11.8 Å². The highest BCUT2D eigenvalue weighted by Crippen LogP contribution is 2.16. The minimum atomic E-state index is -1.09. The second-order valence-corrected chi connectivity index (χ2v) is 3.39. The SMILES string of the molecule is CC(O)C(=O)Nc1ccc2[nH]c(=O)oc2c1. The molecule has 1 amide bonds. The van der Waals surface area contributed by atoms with Crippen molar-refractivity contribution in [3.63, 3.8) is 0 Å². The molecule has 0 fully saturated rings. The molecular weight excluding hydrogens is 212 g/mol. The van der Waals surface area contributed by atoms with Gasteiger partial charge in [0.2, 0.25) is 0 Å². The summed E-state index contributed by atoms with van der Waals surface area (Å²) in [5.74, 6) is -1.06. The molecule has 3 N–H and O–H groups in total. The molecule has 0 aliphatic carbocycles. The number of benzene rings is 1. The van der Waals surface area contributed by atoms with Crippen LogP contribution in [0, 0.1) is 0 Å². The Labute approximate surface area is 89.9 Å². The Morgan fingerprint density at radius 2 is 2.31 bits per heavy atom. The average molecular weight is 222 g/mol. The van der Waals surface area contributed by atoms with Crippen molar-refractivity contribution in [2.75, 3.05) is 5.32 Å². The van der Waals surface area contributed by atoms with E-state index in [1.54, 1.807) is 12.1 Å². The lowest BCUT2D eigenvalue weighted by molar-refractivity contribution is -0.123. The van der Waals surface area contributed by atoms with Gasteiger partial charge in [-0.2, -0.15) is 0 Å². The predicted octanol–water partition coefficient (Wildman–Crippen LogP) is 0.440. The first-order valence-electron chi connectivity index (χ1n) is 4.68. The Balaban J connectivity index is 2.32. The van der Waals surface area contributed by atoms with Crippen molar-refractivity contribution in [2.24, 2.45) is 0 Å². The van der Waals surface area contributed by atoms with Gasteiger partial charge in [-0.25, -0.2) is 4.79 Å². The van der Waals surface area contributed by atoms with Crippen molar-refractivity contribution in [3.05, 3.63) is 28.7 Å². The lowest BCUT2D eigenvalue weighted by atomic mass is 10.2. The second-order valence-electron chi connectivity index (χ2n) is 3.39. The summed E-state index contributed by atoms with van der Waals surface area (Å²) < 4.78 is 4.83. The number of nitrogens with one attached hydrogen (secondary N) is 2. The molecule has 0 aliphatic heterocycles. The molecule has 1 atom stereocenters. The molecular formula is C10H10N2O4. The lowest BCUT2D eigenvalue weighted by Gasteiger charge is -2.06. The summed E-state index contributed by atoms with van der Waals surface area (Å²) >= 11 is 0. The van der Waals surface area contributed by atoms with Crippen molar-refractivity contribution >= 4 is 22.7 Å². The number of oxazole rings is 1. The molecule has 2 rings (SSSR count). The largest absolute Gasteiger partial charge is 0.417 e. The van der Waals surface area contributed by atoms with Crippen molar-refractivity contribution in [3.8, 4) is 0 Å². The first-order chi connectivity index (χ1) is 7.56. The third kappa shape index (κ3) is 1.96. The fourth-order valence-corrected chi connectivity index (χ4v) is 1.27. The topological polar surface area (TPSA) is 95.3 Å². The van der Waals surface area contributed by atoms with E-state index in [0.717, 1.165) is 0 Å². The lowest BCUT2D eigenvalue weighted by Crippen LogP contribution is -2.24. The van der Waals surface area contributed by atoms with Gasteiger partial charge in [-0.1, -0.05) is 0 Å². The summed E-state index contributed by atoms with van der Waals surface area (Å²) in [4.78, 5) is 24.6. The van der Waals surface area contributed by atoms with E-state index in [9.17, 15) is 9.59 Å². The Bertz CT molecular complexity index is 582. The van der Waals surface area contributed by atoms with E-state index in [1.807, 2.05) is 0 Å². The highest BCUT2D eigenvalue weighted by Gasteiger charge is 2.09. The Kier molecular flexibility index (Phi) is 2.49. The van der Waals surface area contributed by atoms with Gasteiger partial charge in [0.05, 0.1) is 5.52 Å². The van der Waals surface area contributed by atoms with Crippen LogP contribution in [0.25, 0.3) is 11.1 Å². The molecule has 1 aromatic heterocycles. The maximum Gasteiger partial charge on any atom is 0.417 e. The third-order valence-electron chi connectivity index (χ3n) is 2.07. The van der Waals surface area contributed by atoms with E-state index in [2.05, 4.69) is 10.3 Å². The van der Waals surface area contributed by atoms with Crippen molar-refractivity contribution in [2.45, 2.75) is 13.0 Å². The van der Waals surface area contributed by atoms with Gasteiger partial charge in [-0.3, -0.25) is 9.78 Å². The number of amides is 1. The van der Waals surface area contributed by atoms with Crippen LogP contribution in [0.2, 0.25) is 0 Å².